The van der Waals surface area contributed by atoms with Crippen LogP contribution in [0.5, 0.6) is 0 Å². The van der Waals surface area contributed by atoms with Gasteiger partial charge in [-0.05, 0) is 6.92 Å². The zero-order valence-electron chi connectivity index (χ0n) is 7.04. The summed E-state index contributed by atoms with van der Waals surface area (Å²) in [6.45, 7) is 0.507. The fourth-order valence-corrected chi connectivity index (χ4v) is 1.27. The zero-order valence-corrected chi connectivity index (χ0v) is 7.04. The molecule has 0 aliphatic carbocycles. The van der Waals surface area contributed by atoms with Crippen molar-refractivity contribution in [1.29, 1.82) is 0 Å². The first-order valence-corrected chi connectivity index (χ1v) is 3.81. The maximum Gasteiger partial charge on any atom is 0.338 e. The van der Waals surface area contributed by atoms with Gasteiger partial charge in [0.25, 0.3) is 0 Å². The van der Waals surface area contributed by atoms with Crippen LogP contribution in [0, 0.1) is 0 Å². The van der Waals surface area contributed by atoms with Crippen LogP contribution in [0.2, 0.25) is 0 Å². The normalized spacial score (nSPS) is 41.8. The van der Waals surface area contributed by atoms with Gasteiger partial charge in [-0.15, -0.1) is 0 Å². The Balaban J connectivity index is 2.84. The summed E-state index contributed by atoms with van der Waals surface area (Å²) < 4.78 is 4.49. The number of hydrogen-bond donors (Lipinski definition) is 4. The Morgan fingerprint density at radius 1 is 1.69 bits per heavy atom. The molecular formula is C7H12O6. The van der Waals surface area contributed by atoms with Gasteiger partial charge >= 0.3 is 5.97 Å². The van der Waals surface area contributed by atoms with Crippen LogP contribution < -0.4 is 0 Å². The molecule has 13 heavy (non-hydrogen) atoms. The number of carbonyl (C=O) groups is 1. The summed E-state index contributed by atoms with van der Waals surface area (Å²) in [5, 5.41) is 36.3. The third-order valence-electron chi connectivity index (χ3n) is 2.13. The van der Waals surface area contributed by atoms with Gasteiger partial charge in [0.1, 0.15) is 11.7 Å². The first-order valence-electron chi connectivity index (χ1n) is 3.81. The molecule has 4 atom stereocenters. The number of aliphatic hydroxyl groups excluding tert-OH is 3. The maximum atomic E-state index is 10.8. The molecule has 1 heterocycles. The van der Waals surface area contributed by atoms with Gasteiger partial charge in [-0.3, -0.25) is 0 Å². The summed E-state index contributed by atoms with van der Waals surface area (Å²) in [6.07, 6.45) is -4.37. The van der Waals surface area contributed by atoms with Crippen molar-refractivity contribution in [3.05, 3.63) is 0 Å². The number of rotatable bonds is 2. The largest absolute Gasteiger partial charge is 0.454 e. The fourth-order valence-electron chi connectivity index (χ4n) is 1.27. The second-order valence-electron chi connectivity index (χ2n) is 3.24. The number of cyclic esters (lactones) is 1. The number of aliphatic hydroxyl groups is 4. The van der Waals surface area contributed by atoms with E-state index in [1.165, 1.54) is 0 Å². The van der Waals surface area contributed by atoms with Gasteiger partial charge in [-0.25, -0.2) is 4.79 Å². The second-order valence-corrected chi connectivity index (χ2v) is 3.24. The highest BCUT2D eigenvalue weighted by molar-refractivity contribution is 5.79. The van der Waals surface area contributed by atoms with Gasteiger partial charge in [-0.2, -0.15) is 0 Å². The molecule has 1 saturated heterocycles. The molecule has 0 saturated carbocycles. The number of carbonyl (C=O) groups excluding carboxylic acids is 1. The molecule has 1 aliphatic heterocycles. The Kier molecular flexibility index (Phi) is 2.58. The second kappa shape index (κ2) is 3.22. The average molecular weight is 192 g/mol. The Labute approximate surface area is 74.4 Å². The van der Waals surface area contributed by atoms with E-state index in [4.69, 9.17) is 15.3 Å². The molecule has 0 bridgehead atoms. The van der Waals surface area contributed by atoms with Crippen molar-refractivity contribution in [2.75, 3.05) is 6.61 Å². The van der Waals surface area contributed by atoms with Crippen molar-refractivity contribution in [3.8, 4) is 0 Å². The number of ether oxygens (including phenoxy) is 1. The minimum atomic E-state index is -1.86. The van der Waals surface area contributed by atoms with Crippen LogP contribution >= 0.6 is 0 Å². The predicted molar refractivity (Wildman–Crippen MR) is 39.6 cm³/mol. The van der Waals surface area contributed by atoms with Crippen LogP contribution in [0.15, 0.2) is 0 Å². The van der Waals surface area contributed by atoms with Gasteiger partial charge < -0.3 is 25.2 Å². The summed E-state index contributed by atoms with van der Waals surface area (Å²) in [6, 6.07) is 0. The highest BCUT2D eigenvalue weighted by Crippen LogP contribution is 2.28. The monoisotopic (exact) mass is 192 g/mol. The first-order chi connectivity index (χ1) is 5.91. The van der Waals surface area contributed by atoms with Crippen molar-refractivity contribution in [2.24, 2.45) is 0 Å². The standard InChI is InChI=1S/C7H12O6/c1-7(12)4(10)6(11)13-5(7)3(9)2-8/h3-5,8-10,12H,2H2,1H3. The third-order valence-corrected chi connectivity index (χ3v) is 2.13. The van der Waals surface area contributed by atoms with Gasteiger partial charge in [0, 0.05) is 0 Å². The molecule has 4 unspecified atom stereocenters. The Morgan fingerprint density at radius 2 is 2.23 bits per heavy atom. The van der Waals surface area contributed by atoms with E-state index in [2.05, 4.69) is 4.74 Å². The SMILES string of the molecule is CC1(O)C(O)C(=O)OC1C(O)CO. The van der Waals surface area contributed by atoms with Crippen molar-refractivity contribution in [2.45, 2.75) is 30.8 Å². The first kappa shape index (κ1) is 10.4. The van der Waals surface area contributed by atoms with Gasteiger partial charge in [0.05, 0.1) is 6.61 Å². The van der Waals surface area contributed by atoms with Crippen molar-refractivity contribution in [1.82, 2.24) is 0 Å². The zero-order chi connectivity index (χ0) is 10.2. The molecule has 0 aromatic rings. The van der Waals surface area contributed by atoms with E-state index in [0.29, 0.717) is 0 Å². The van der Waals surface area contributed by atoms with Crippen molar-refractivity contribution < 1.29 is 30.0 Å². The van der Waals surface area contributed by atoms with E-state index in [-0.39, 0.29) is 0 Å². The predicted octanol–water partition coefficient (Wildman–Crippen LogP) is -2.62. The van der Waals surface area contributed by atoms with E-state index < -0.39 is 36.5 Å². The molecule has 1 fully saturated rings. The van der Waals surface area contributed by atoms with Crippen LogP contribution in [0.1, 0.15) is 6.92 Å². The lowest BCUT2D eigenvalue weighted by molar-refractivity contribution is -0.152. The summed E-state index contributed by atoms with van der Waals surface area (Å²) in [7, 11) is 0. The maximum absolute atomic E-state index is 10.8. The lowest BCUT2D eigenvalue weighted by Crippen LogP contribution is -2.50. The van der Waals surface area contributed by atoms with E-state index in [1.54, 1.807) is 0 Å². The summed E-state index contributed by atoms with van der Waals surface area (Å²) >= 11 is 0. The van der Waals surface area contributed by atoms with Crippen molar-refractivity contribution in [3.63, 3.8) is 0 Å². The molecule has 0 aromatic heterocycles. The molecule has 1 aliphatic rings. The highest BCUT2D eigenvalue weighted by Gasteiger charge is 2.55. The van der Waals surface area contributed by atoms with E-state index in [9.17, 15) is 9.90 Å². The smallest absolute Gasteiger partial charge is 0.338 e. The molecule has 76 valence electrons. The minimum absolute atomic E-state index is 0.652. The minimum Gasteiger partial charge on any atom is -0.454 e. The molecule has 1 rings (SSSR count). The van der Waals surface area contributed by atoms with Crippen LogP contribution in [-0.4, -0.2) is 56.9 Å². The molecule has 0 aromatic carbocycles. The van der Waals surface area contributed by atoms with Gasteiger partial charge in [-0.1, -0.05) is 0 Å². The molecule has 6 heteroatoms. The molecule has 4 N–H and O–H groups in total. The topological polar surface area (TPSA) is 107 Å². The molecule has 0 radical (unpaired) electrons. The molecular weight excluding hydrogens is 180 g/mol. The number of hydrogen-bond acceptors (Lipinski definition) is 6. The fraction of sp³-hybridized carbons (Fsp3) is 0.857. The lowest BCUT2D eigenvalue weighted by atomic mass is 9.92. The molecule has 0 spiro atoms. The van der Waals surface area contributed by atoms with Crippen LogP contribution in [0.25, 0.3) is 0 Å². The van der Waals surface area contributed by atoms with E-state index >= 15 is 0 Å². The Hall–Kier alpha value is -0.690. The average Bonchev–Trinajstić information content (AvgIpc) is 2.28. The van der Waals surface area contributed by atoms with Crippen LogP contribution in [0.4, 0.5) is 0 Å². The highest BCUT2D eigenvalue weighted by atomic mass is 16.6. The summed E-state index contributed by atoms with van der Waals surface area (Å²) in [5.41, 5.74) is -1.86. The molecule has 6 nitrogen and oxygen atoms in total. The van der Waals surface area contributed by atoms with Crippen LogP contribution in [0.3, 0.4) is 0 Å². The van der Waals surface area contributed by atoms with Crippen LogP contribution in [-0.2, 0) is 9.53 Å². The summed E-state index contributed by atoms with van der Waals surface area (Å²) in [4.78, 5) is 10.8. The van der Waals surface area contributed by atoms with E-state index in [0.717, 1.165) is 6.92 Å². The quantitative estimate of drug-likeness (QED) is 0.357. The van der Waals surface area contributed by atoms with Gasteiger partial charge in [0.2, 0.25) is 0 Å². The molecule has 0 amide bonds. The van der Waals surface area contributed by atoms with Crippen molar-refractivity contribution >= 4 is 5.97 Å². The lowest BCUT2D eigenvalue weighted by Gasteiger charge is -2.26. The Morgan fingerprint density at radius 3 is 2.54 bits per heavy atom. The number of esters is 1. The third kappa shape index (κ3) is 1.53. The summed E-state index contributed by atoms with van der Waals surface area (Å²) in [5.74, 6) is -0.998. The van der Waals surface area contributed by atoms with E-state index in [1.807, 2.05) is 0 Å². The Bertz CT molecular complexity index is 213. The van der Waals surface area contributed by atoms with Gasteiger partial charge in [0.15, 0.2) is 12.2 Å².